The molecule has 0 saturated carbocycles. The molecule has 13 heavy (non-hydrogen) atoms. The normalized spacial score (nSPS) is 14.3. The van der Waals surface area contributed by atoms with Crippen LogP contribution in [0.3, 0.4) is 0 Å². The van der Waals surface area contributed by atoms with Gasteiger partial charge in [0.2, 0.25) is 0 Å². The number of halogens is 1. The fraction of sp³-hybridized carbons (Fsp3) is 0.222. The molecule has 0 spiro atoms. The van der Waals surface area contributed by atoms with Gasteiger partial charge in [-0.05, 0) is 5.56 Å². The minimum Gasteiger partial charge on any atom is -0.282 e. The van der Waals surface area contributed by atoms with E-state index < -0.39 is 0 Å². The van der Waals surface area contributed by atoms with Crippen LogP contribution in [0.1, 0.15) is 5.56 Å². The maximum atomic E-state index is 4.20. The summed E-state index contributed by atoms with van der Waals surface area (Å²) in [5.41, 5.74) is 3.21. The van der Waals surface area contributed by atoms with Crippen LogP contribution in [0.5, 0.6) is 0 Å². The van der Waals surface area contributed by atoms with E-state index in [1.807, 2.05) is 11.6 Å². The van der Waals surface area contributed by atoms with E-state index in [0.717, 1.165) is 12.4 Å². The molecule has 0 atom stereocenters. The van der Waals surface area contributed by atoms with Gasteiger partial charge in [0.25, 0.3) is 0 Å². The van der Waals surface area contributed by atoms with Crippen LogP contribution in [-0.2, 0) is 6.54 Å². The number of nitrogens with zero attached hydrogens (tertiary/aromatic N) is 2. The summed E-state index contributed by atoms with van der Waals surface area (Å²) in [5.74, 6) is 0.981. The molecule has 1 aromatic rings. The second-order valence-electron chi connectivity index (χ2n) is 2.67. The molecule has 0 aliphatic carbocycles. The topological polar surface area (TPSA) is 15.6 Å². The van der Waals surface area contributed by atoms with Crippen molar-refractivity contribution in [2.45, 2.75) is 6.54 Å². The molecule has 2 rings (SSSR count). The second kappa shape index (κ2) is 5.14. The lowest BCUT2D eigenvalue weighted by Gasteiger charge is -2.11. The molecule has 0 aromatic heterocycles. The molecule has 0 unspecified atom stereocenters. The molecule has 0 saturated heterocycles. The highest BCUT2D eigenvalue weighted by atomic mass is 35.5. The third-order valence-electron chi connectivity index (χ3n) is 1.72. The molecule has 0 amide bonds. The van der Waals surface area contributed by atoms with Gasteiger partial charge in [0.15, 0.2) is 0 Å². The lowest BCUT2D eigenvalue weighted by molar-refractivity contribution is 0.340. The van der Waals surface area contributed by atoms with Gasteiger partial charge in [-0.3, -0.25) is 5.01 Å². The summed E-state index contributed by atoms with van der Waals surface area (Å²) < 4.78 is 0. The zero-order valence-corrected chi connectivity index (χ0v) is 8.72. The quantitative estimate of drug-likeness (QED) is 0.752. The van der Waals surface area contributed by atoms with Crippen molar-refractivity contribution in [1.82, 2.24) is 5.01 Å². The van der Waals surface area contributed by atoms with Crippen LogP contribution in [0, 0.1) is 0 Å². The molecular weight excluding hydrogens is 204 g/mol. The van der Waals surface area contributed by atoms with Crippen molar-refractivity contribution in [3.8, 4) is 0 Å². The molecule has 1 aliphatic heterocycles. The van der Waals surface area contributed by atoms with Crippen molar-refractivity contribution in [1.29, 1.82) is 0 Å². The Labute approximate surface area is 88.4 Å². The van der Waals surface area contributed by atoms with E-state index >= 15 is 0 Å². The third-order valence-corrected chi connectivity index (χ3v) is 2.41. The highest BCUT2D eigenvalue weighted by molar-refractivity contribution is 8.12. The molecule has 1 aliphatic rings. The lowest BCUT2D eigenvalue weighted by atomic mass is 10.2. The van der Waals surface area contributed by atoms with E-state index in [1.54, 1.807) is 11.8 Å². The molecule has 0 bridgehead atoms. The number of rotatable bonds is 2. The van der Waals surface area contributed by atoms with E-state index in [0.29, 0.717) is 0 Å². The highest BCUT2D eigenvalue weighted by Gasteiger charge is 2.05. The van der Waals surface area contributed by atoms with Gasteiger partial charge in [-0.1, -0.05) is 42.1 Å². The van der Waals surface area contributed by atoms with Crippen molar-refractivity contribution in [3.63, 3.8) is 0 Å². The average molecular weight is 215 g/mol. The average Bonchev–Trinajstić information content (AvgIpc) is 2.59. The van der Waals surface area contributed by atoms with Crippen LogP contribution in [0.25, 0.3) is 0 Å². The molecule has 1 heterocycles. The van der Waals surface area contributed by atoms with Gasteiger partial charge in [0.1, 0.15) is 0 Å². The fourth-order valence-electron chi connectivity index (χ4n) is 1.13. The van der Waals surface area contributed by atoms with Crippen LogP contribution in [0.15, 0.2) is 35.4 Å². The Morgan fingerprint density at radius 3 is 2.69 bits per heavy atom. The van der Waals surface area contributed by atoms with Crippen molar-refractivity contribution in [2.24, 2.45) is 5.10 Å². The summed E-state index contributed by atoms with van der Waals surface area (Å²) in [6, 6.07) is 10.4. The van der Waals surface area contributed by atoms with Crippen LogP contribution in [-0.4, -0.2) is 16.4 Å². The second-order valence-corrected chi connectivity index (χ2v) is 3.47. The number of hydrazone groups is 1. The minimum absolute atomic E-state index is 0. The Kier molecular flexibility index (Phi) is 4.12. The third kappa shape index (κ3) is 2.94. The first-order valence-corrected chi connectivity index (χ1v) is 4.93. The Balaban J connectivity index is 0.000000845. The smallest absolute Gasteiger partial charge is 0.0874 e. The van der Waals surface area contributed by atoms with Gasteiger partial charge in [0, 0.05) is 0 Å². The van der Waals surface area contributed by atoms with Gasteiger partial charge in [-0.15, -0.1) is 12.4 Å². The molecule has 0 radical (unpaired) electrons. The predicted molar refractivity (Wildman–Crippen MR) is 60.2 cm³/mol. The van der Waals surface area contributed by atoms with Crippen molar-refractivity contribution in [3.05, 3.63) is 35.9 Å². The zero-order chi connectivity index (χ0) is 8.23. The van der Waals surface area contributed by atoms with E-state index in [-0.39, 0.29) is 12.4 Å². The van der Waals surface area contributed by atoms with Gasteiger partial charge >= 0.3 is 0 Å². The molecule has 70 valence electrons. The Hall–Kier alpha value is -0.670. The standard InChI is InChI=1S/C9H10N2S.ClH/c1-2-4-9(5-3-1)6-11-8-12-7-10-11;/h1-5,7H,6,8H2;1H. The van der Waals surface area contributed by atoms with Crippen molar-refractivity contribution in [2.75, 3.05) is 5.88 Å². The monoisotopic (exact) mass is 214 g/mol. The van der Waals surface area contributed by atoms with Crippen LogP contribution in [0.2, 0.25) is 0 Å². The largest absolute Gasteiger partial charge is 0.282 e. The van der Waals surface area contributed by atoms with E-state index in [4.69, 9.17) is 0 Å². The molecule has 1 aromatic carbocycles. The minimum atomic E-state index is 0. The van der Waals surface area contributed by atoms with E-state index in [2.05, 4.69) is 34.4 Å². The SMILES string of the molecule is C1=NN(Cc2ccccc2)CS1.Cl. The summed E-state index contributed by atoms with van der Waals surface area (Å²) in [5, 5.41) is 6.26. The fourth-order valence-corrected chi connectivity index (χ4v) is 1.73. The first-order valence-electron chi connectivity index (χ1n) is 3.88. The van der Waals surface area contributed by atoms with E-state index in [9.17, 15) is 0 Å². The van der Waals surface area contributed by atoms with Gasteiger partial charge in [-0.2, -0.15) is 5.10 Å². The Bertz CT molecular complexity index is 276. The number of hydrogen-bond acceptors (Lipinski definition) is 3. The summed E-state index contributed by atoms with van der Waals surface area (Å²) >= 11 is 1.74. The van der Waals surface area contributed by atoms with Crippen LogP contribution in [0.4, 0.5) is 0 Å². The van der Waals surface area contributed by atoms with Crippen LogP contribution < -0.4 is 0 Å². The first-order chi connectivity index (χ1) is 5.95. The first kappa shape index (κ1) is 10.4. The van der Waals surface area contributed by atoms with Gasteiger partial charge in [0.05, 0.1) is 18.0 Å². The predicted octanol–water partition coefficient (Wildman–Crippen LogP) is 2.56. The van der Waals surface area contributed by atoms with E-state index in [1.165, 1.54) is 5.56 Å². The molecule has 4 heteroatoms. The molecule has 0 fully saturated rings. The van der Waals surface area contributed by atoms with Crippen molar-refractivity contribution >= 4 is 29.7 Å². The molecule has 2 nitrogen and oxygen atoms in total. The summed E-state index contributed by atoms with van der Waals surface area (Å²) in [6.07, 6.45) is 0. The molecule has 0 N–H and O–H groups in total. The maximum absolute atomic E-state index is 4.20. The summed E-state index contributed by atoms with van der Waals surface area (Å²) in [7, 11) is 0. The van der Waals surface area contributed by atoms with Gasteiger partial charge < -0.3 is 0 Å². The van der Waals surface area contributed by atoms with Crippen molar-refractivity contribution < 1.29 is 0 Å². The maximum Gasteiger partial charge on any atom is 0.0874 e. The zero-order valence-electron chi connectivity index (χ0n) is 7.09. The van der Waals surface area contributed by atoms with Gasteiger partial charge in [-0.25, -0.2) is 0 Å². The highest BCUT2D eigenvalue weighted by Crippen LogP contribution is 2.13. The Morgan fingerprint density at radius 1 is 1.31 bits per heavy atom. The Morgan fingerprint density at radius 2 is 2.08 bits per heavy atom. The number of hydrogen-bond donors (Lipinski definition) is 0. The molecular formula is C9H11ClN2S. The summed E-state index contributed by atoms with van der Waals surface area (Å²) in [6.45, 7) is 0.921. The number of thioether (sulfide) groups is 1. The lowest BCUT2D eigenvalue weighted by Crippen LogP contribution is -2.11. The van der Waals surface area contributed by atoms with Crippen LogP contribution >= 0.6 is 24.2 Å². The summed E-state index contributed by atoms with van der Waals surface area (Å²) in [4.78, 5) is 0. The number of benzene rings is 1.